The summed E-state index contributed by atoms with van der Waals surface area (Å²) in [7, 11) is 0. The van der Waals surface area contributed by atoms with Gasteiger partial charge in [0.2, 0.25) is 0 Å². The van der Waals surface area contributed by atoms with E-state index < -0.39 is 0 Å². The summed E-state index contributed by atoms with van der Waals surface area (Å²) in [5, 5.41) is 12.3. The fourth-order valence-corrected chi connectivity index (χ4v) is 2.58. The van der Waals surface area contributed by atoms with E-state index in [9.17, 15) is 9.90 Å². The minimum absolute atomic E-state index is 0.0257. The maximum atomic E-state index is 12.1. The average molecular weight is 236 g/mol. The van der Waals surface area contributed by atoms with E-state index in [2.05, 4.69) is 5.32 Å². The van der Waals surface area contributed by atoms with Crippen LogP contribution in [0.1, 0.15) is 36.7 Å². The number of hydrogen-bond acceptors (Lipinski definition) is 2. The molecule has 17 heavy (non-hydrogen) atoms. The van der Waals surface area contributed by atoms with Gasteiger partial charge in [-0.1, -0.05) is 6.42 Å². The van der Waals surface area contributed by atoms with Gasteiger partial charge in [-0.3, -0.25) is 4.79 Å². The van der Waals surface area contributed by atoms with Crippen LogP contribution in [0.4, 0.5) is 0 Å². The first-order valence-electron chi connectivity index (χ1n) is 6.33. The van der Waals surface area contributed by atoms with E-state index >= 15 is 0 Å². The average Bonchev–Trinajstić information content (AvgIpc) is 2.96. The molecule has 2 atom stereocenters. The standard InChI is InChI=1S/C13H20N2O2/c1-2-15-8-4-7-12(15)13(17)14-11-6-3-5-10(11)9-16/h4,7-8,10-11,16H,2-3,5-6,9H2,1H3,(H,14,17). The Kier molecular flexibility index (Phi) is 3.84. The van der Waals surface area contributed by atoms with Crippen LogP contribution in [0.2, 0.25) is 0 Å². The topological polar surface area (TPSA) is 54.3 Å². The molecule has 2 unspecified atom stereocenters. The molecule has 1 amide bonds. The molecule has 0 saturated heterocycles. The molecule has 4 nitrogen and oxygen atoms in total. The smallest absolute Gasteiger partial charge is 0.268 e. The second kappa shape index (κ2) is 5.36. The lowest BCUT2D eigenvalue weighted by Gasteiger charge is -2.19. The van der Waals surface area contributed by atoms with E-state index in [1.54, 1.807) is 0 Å². The second-order valence-electron chi connectivity index (χ2n) is 4.63. The van der Waals surface area contributed by atoms with Gasteiger partial charge in [0.15, 0.2) is 0 Å². The molecule has 1 heterocycles. The molecule has 1 aromatic rings. The Morgan fingerprint density at radius 1 is 1.59 bits per heavy atom. The third-order valence-electron chi connectivity index (χ3n) is 3.61. The van der Waals surface area contributed by atoms with Crippen LogP contribution in [0.25, 0.3) is 0 Å². The minimum Gasteiger partial charge on any atom is -0.396 e. The Bertz CT molecular complexity index is 387. The largest absolute Gasteiger partial charge is 0.396 e. The number of nitrogens with one attached hydrogen (secondary N) is 1. The quantitative estimate of drug-likeness (QED) is 0.830. The van der Waals surface area contributed by atoms with Crippen LogP contribution in [0.5, 0.6) is 0 Å². The number of hydrogen-bond donors (Lipinski definition) is 2. The van der Waals surface area contributed by atoms with Crippen LogP contribution < -0.4 is 5.32 Å². The number of carbonyl (C=O) groups is 1. The van der Waals surface area contributed by atoms with Crippen LogP contribution in [-0.4, -0.2) is 28.2 Å². The van der Waals surface area contributed by atoms with Gasteiger partial charge in [-0.15, -0.1) is 0 Å². The maximum absolute atomic E-state index is 12.1. The summed E-state index contributed by atoms with van der Waals surface area (Å²) >= 11 is 0. The minimum atomic E-state index is -0.0257. The Morgan fingerprint density at radius 2 is 2.41 bits per heavy atom. The maximum Gasteiger partial charge on any atom is 0.268 e. The fraction of sp³-hybridized carbons (Fsp3) is 0.615. The van der Waals surface area contributed by atoms with Crippen molar-refractivity contribution in [2.24, 2.45) is 5.92 Å². The van der Waals surface area contributed by atoms with Gasteiger partial charge in [0.25, 0.3) is 5.91 Å². The normalized spacial score (nSPS) is 23.9. The van der Waals surface area contributed by atoms with Crippen LogP contribution in [0.3, 0.4) is 0 Å². The highest BCUT2D eigenvalue weighted by molar-refractivity contribution is 5.93. The van der Waals surface area contributed by atoms with Crippen molar-refractivity contribution in [3.8, 4) is 0 Å². The third-order valence-corrected chi connectivity index (χ3v) is 3.61. The molecule has 4 heteroatoms. The Hall–Kier alpha value is -1.29. The van der Waals surface area contributed by atoms with Gasteiger partial charge in [0.05, 0.1) is 0 Å². The lowest BCUT2D eigenvalue weighted by atomic mass is 10.1. The third kappa shape index (κ3) is 2.52. The highest BCUT2D eigenvalue weighted by atomic mass is 16.3. The summed E-state index contributed by atoms with van der Waals surface area (Å²) in [6.45, 7) is 2.98. The zero-order valence-electron chi connectivity index (χ0n) is 10.2. The Labute approximate surface area is 102 Å². The van der Waals surface area contributed by atoms with Gasteiger partial charge in [-0.2, -0.15) is 0 Å². The summed E-state index contributed by atoms with van der Waals surface area (Å²) in [5.41, 5.74) is 0.705. The number of aliphatic hydroxyl groups excluding tert-OH is 1. The summed E-state index contributed by atoms with van der Waals surface area (Å²) in [6.07, 6.45) is 4.98. The highest BCUT2D eigenvalue weighted by Gasteiger charge is 2.28. The summed E-state index contributed by atoms with van der Waals surface area (Å²) in [4.78, 5) is 12.1. The van der Waals surface area contributed by atoms with Crippen molar-refractivity contribution in [1.29, 1.82) is 0 Å². The molecule has 1 aromatic heterocycles. The lowest BCUT2D eigenvalue weighted by Crippen LogP contribution is -2.39. The Balaban J connectivity index is 2.01. The van der Waals surface area contributed by atoms with E-state index in [1.165, 1.54) is 0 Å². The SMILES string of the molecule is CCn1cccc1C(=O)NC1CCCC1CO. The van der Waals surface area contributed by atoms with E-state index in [0.717, 1.165) is 25.8 Å². The number of carbonyl (C=O) groups excluding carboxylic acids is 1. The molecule has 0 radical (unpaired) electrons. The molecule has 1 aliphatic carbocycles. The molecule has 0 bridgehead atoms. The molecule has 1 saturated carbocycles. The van der Waals surface area contributed by atoms with Crippen LogP contribution in [-0.2, 0) is 6.54 Å². The molecule has 2 N–H and O–H groups in total. The van der Waals surface area contributed by atoms with E-state index in [1.807, 2.05) is 29.8 Å². The van der Waals surface area contributed by atoms with Gasteiger partial charge in [-0.25, -0.2) is 0 Å². The van der Waals surface area contributed by atoms with E-state index in [-0.39, 0.29) is 24.5 Å². The first kappa shape index (κ1) is 12.2. The molecular formula is C13H20N2O2. The van der Waals surface area contributed by atoms with Crippen molar-refractivity contribution in [3.05, 3.63) is 24.0 Å². The first-order valence-corrected chi connectivity index (χ1v) is 6.33. The van der Waals surface area contributed by atoms with Crippen molar-refractivity contribution < 1.29 is 9.90 Å². The molecule has 94 valence electrons. The zero-order chi connectivity index (χ0) is 12.3. The fourth-order valence-electron chi connectivity index (χ4n) is 2.58. The highest BCUT2D eigenvalue weighted by Crippen LogP contribution is 2.25. The summed E-state index contributed by atoms with van der Waals surface area (Å²) in [6, 6.07) is 3.85. The second-order valence-corrected chi connectivity index (χ2v) is 4.63. The molecule has 1 fully saturated rings. The van der Waals surface area contributed by atoms with Crippen molar-refractivity contribution >= 4 is 5.91 Å². The monoisotopic (exact) mass is 236 g/mol. The van der Waals surface area contributed by atoms with Crippen molar-refractivity contribution in [3.63, 3.8) is 0 Å². The van der Waals surface area contributed by atoms with Crippen molar-refractivity contribution in [1.82, 2.24) is 9.88 Å². The van der Waals surface area contributed by atoms with Crippen molar-refractivity contribution in [2.75, 3.05) is 6.61 Å². The number of aryl methyl sites for hydroxylation is 1. The number of aliphatic hydroxyl groups is 1. The van der Waals surface area contributed by atoms with Gasteiger partial charge >= 0.3 is 0 Å². The van der Waals surface area contributed by atoms with E-state index in [4.69, 9.17) is 0 Å². The summed E-state index contributed by atoms with van der Waals surface area (Å²) < 4.78 is 1.93. The zero-order valence-corrected chi connectivity index (χ0v) is 10.2. The van der Waals surface area contributed by atoms with Gasteiger partial charge in [-0.05, 0) is 31.9 Å². The Morgan fingerprint density at radius 3 is 3.12 bits per heavy atom. The number of amides is 1. The predicted molar refractivity (Wildman–Crippen MR) is 65.8 cm³/mol. The summed E-state index contributed by atoms with van der Waals surface area (Å²) in [5.74, 6) is 0.200. The van der Waals surface area contributed by atoms with Crippen LogP contribution in [0.15, 0.2) is 18.3 Å². The number of nitrogens with zero attached hydrogens (tertiary/aromatic N) is 1. The lowest BCUT2D eigenvalue weighted by molar-refractivity contribution is 0.0907. The molecular weight excluding hydrogens is 216 g/mol. The predicted octanol–water partition coefficient (Wildman–Crippen LogP) is 1.40. The number of aromatic nitrogens is 1. The first-order chi connectivity index (χ1) is 8.26. The number of rotatable bonds is 4. The van der Waals surface area contributed by atoms with E-state index in [0.29, 0.717) is 5.69 Å². The van der Waals surface area contributed by atoms with Gasteiger partial charge in [0, 0.05) is 31.3 Å². The van der Waals surface area contributed by atoms with Crippen LogP contribution in [0, 0.1) is 5.92 Å². The molecule has 1 aliphatic rings. The van der Waals surface area contributed by atoms with Gasteiger partial charge in [0.1, 0.15) is 5.69 Å². The molecule has 2 rings (SSSR count). The molecule has 0 spiro atoms. The van der Waals surface area contributed by atoms with Gasteiger partial charge < -0.3 is 15.0 Å². The van der Waals surface area contributed by atoms with Crippen molar-refractivity contribution in [2.45, 2.75) is 38.8 Å². The molecule has 0 aromatic carbocycles. The molecule has 0 aliphatic heterocycles. The van der Waals surface area contributed by atoms with Crippen LogP contribution >= 0.6 is 0 Å².